The lowest BCUT2D eigenvalue weighted by atomic mass is 9.90. The van der Waals surface area contributed by atoms with Crippen LogP contribution in [0.5, 0.6) is 11.5 Å². The SMILES string of the molecule is COC(=O)C[C@@H]1COc2cc(O[C@@H]3CCc4c(-c5c(C)ccc6ccccc56)cccc43)ccc21. The number of esters is 1. The molecule has 35 heavy (non-hydrogen) atoms. The molecule has 4 aromatic carbocycles. The molecule has 0 amide bonds. The van der Waals surface area contributed by atoms with E-state index in [1.807, 2.05) is 18.2 Å². The third-order valence-electron chi connectivity index (χ3n) is 7.41. The van der Waals surface area contributed by atoms with E-state index in [0.717, 1.165) is 29.9 Å². The molecule has 2 atom stereocenters. The van der Waals surface area contributed by atoms with Crippen LogP contribution in [0.3, 0.4) is 0 Å². The number of carbonyl (C=O) groups excluding carboxylic acids is 1. The zero-order chi connectivity index (χ0) is 23.9. The number of rotatable bonds is 5. The molecular formula is C31H28O4. The van der Waals surface area contributed by atoms with Gasteiger partial charge in [0.25, 0.3) is 0 Å². The summed E-state index contributed by atoms with van der Waals surface area (Å²) in [4.78, 5) is 11.7. The van der Waals surface area contributed by atoms with E-state index in [2.05, 4.69) is 61.5 Å². The van der Waals surface area contributed by atoms with Gasteiger partial charge in [0.15, 0.2) is 0 Å². The van der Waals surface area contributed by atoms with Crippen molar-refractivity contribution in [2.24, 2.45) is 0 Å². The molecule has 0 spiro atoms. The molecule has 0 fully saturated rings. The van der Waals surface area contributed by atoms with Crippen LogP contribution in [0.4, 0.5) is 0 Å². The normalized spacial score (nSPS) is 18.1. The number of carbonyl (C=O) groups is 1. The van der Waals surface area contributed by atoms with Crippen LogP contribution >= 0.6 is 0 Å². The number of methoxy groups -OCH3 is 1. The van der Waals surface area contributed by atoms with Gasteiger partial charge in [-0.05, 0) is 64.4 Å². The van der Waals surface area contributed by atoms with E-state index in [1.54, 1.807) is 0 Å². The number of aryl methyl sites for hydroxylation is 1. The summed E-state index contributed by atoms with van der Waals surface area (Å²) in [6, 6.07) is 25.6. The van der Waals surface area contributed by atoms with Crippen molar-refractivity contribution in [2.75, 3.05) is 13.7 Å². The summed E-state index contributed by atoms with van der Waals surface area (Å²) >= 11 is 0. The van der Waals surface area contributed by atoms with E-state index >= 15 is 0 Å². The first-order valence-corrected chi connectivity index (χ1v) is 12.2. The van der Waals surface area contributed by atoms with Crippen LogP contribution in [0, 0.1) is 6.92 Å². The van der Waals surface area contributed by atoms with Crippen LogP contribution in [0.2, 0.25) is 0 Å². The second kappa shape index (κ2) is 8.77. The fraction of sp³-hybridized carbons (Fsp3) is 0.258. The Bertz CT molecular complexity index is 1440. The highest BCUT2D eigenvalue weighted by molar-refractivity contribution is 5.99. The van der Waals surface area contributed by atoms with Crippen molar-refractivity contribution in [2.45, 2.75) is 38.2 Å². The Hall–Kier alpha value is -3.79. The molecule has 4 aromatic rings. The van der Waals surface area contributed by atoms with Gasteiger partial charge in [-0.3, -0.25) is 4.79 Å². The van der Waals surface area contributed by atoms with Crippen molar-refractivity contribution in [3.63, 3.8) is 0 Å². The van der Waals surface area contributed by atoms with E-state index < -0.39 is 0 Å². The lowest BCUT2D eigenvalue weighted by Gasteiger charge is -2.18. The molecule has 176 valence electrons. The molecule has 0 radical (unpaired) electrons. The second-order valence-electron chi connectivity index (χ2n) is 9.48. The van der Waals surface area contributed by atoms with Gasteiger partial charge in [0.1, 0.15) is 17.6 Å². The zero-order valence-electron chi connectivity index (χ0n) is 20.0. The highest BCUT2D eigenvalue weighted by Crippen LogP contribution is 2.44. The molecule has 0 N–H and O–H groups in total. The number of fused-ring (bicyclic) bond motifs is 3. The highest BCUT2D eigenvalue weighted by Gasteiger charge is 2.30. The Kier molecular flexibility index (Phi) is 5.44. The van der Waals surface area contributed by atoms with Gasteiger partial charge >= 0.3 is 5.97 Å². The molecule has 4 heteroatoms. The maximum absolute atomic E-state index is 11.7. The Balaban J connectivity index is 1.30. The van der Waals surface area contributed by atoms with Crippen molar-refractivity contribution in [3.8, 4) is 22.6 Å². The number of ether oxygens (including phenoxy) is 3. The maximum atomic E-state index is 11.7. The summed E-state index contributed by atoms with van der Waals surface area (Å²) in [7, 11) is 1.42. The number of hydrogen-bond acceptors (Lipinski definition) is 4. The van der Waals surface area contributed by atoms with Crippen LogP contribution in [0.15, 0.2) is 72.8 Å². The van der Waals surface area contributed by atoms with Gasteiger partial charge in [-0.25, -0.2) is 0 Å². The molecule has 0 unspecified atom stereocenters. The minimum atomic E-state index is -0.216. The lowest BCUT2D eigenvalue weighted by Crippen LogP contribution is -2.09. The average molecular weight is 465 g/mol. The molecule has 4 nitrogen and oxygen atoms in total. The molecular weight excluding hydrogens is 436 g/mol. The van der Waals surface area contributed by atoms with E-state index in [-0.39, 0.29) is 18.0 Å². The summed E-state index contributed by atoms with van der Waals surface area (Å²) < 4.78 is 17.2. The van der Waals surface area contributed by atoms with Crippen molar-refractivity contribution in [3.05, 3.63) is 95.1 Å². The highest BCUT2D eigenvalue weighted by atomic mass is 16.5. The van der Waals surface area contributed by atoms with E-state index in [4.69, 9.17) is 14.2 Å². The first kappa shape index (κ1) is 21.7. The molecule has 6 rings (SSSR count). The lowest BCUT2D eigenvalue weighted by molar-refractivity contribution is -0.141. The zero-order valence-corrected chi connectivity index (χ0v) is 20.0. The van der Waals surface area contributed by atoms with Crippen LogP contribution in [-0.4, -0.2) is 19.7 Å². The van der Waals surface area contributed by atoms with Crippen LogP contribution < -0.4 is 9.47 Å². The van der Waals surface area contributed by atoms with Gasteiger partial charge in [0.05, 0.1) is 20.1 Å². The van der Waals surface area contributed by atoms with Gasteiger partial charge in [0, 0.05) is 17.5 Å². The molecule has 0 bridgehead atoms. The predicted octanol–water partition coefficient (Wildman–Crippen LogP) is 6.92. The smallest absolute Gasteiger partial charge is 0.306 e. The fourth-order valence-corrected chi connectivity index (χ4v) is 5.66. The van der Waals surface area contributed by atoms with Gasteiger partial charge in [-0.2, -0.15) is 0 Å². The summed E-state index contributed by atoms with van der Waals surface area (Å²) in [6.07, 6.45) is 2.27. The van der Waals surface area contributed by atoms with Crippen molar-refractivity contribution < 1.29 is 19.0 Å². The monoisotopic (exact) mass is 464 g/mol. The third kappa shape index (κ3) is 3.83. The Morgan fingerprint density at radius 2 is 1.89 bits per heavy atom. The molecule has 0 aromatic heterocycles. The van der Waals surface area contributed by atoms with Crippen LogP contribution in [0.1, 0.15) is 47.1 Å². The summed E-state index contributed by atoms with van der Waals surface area (Å²) in [5.74, 6) is 1.42. The Labute approximate surface area is 205 Å². The first-order valence-electron chi connectivity index (χ1n) is 12.2. The Morgan fingerprint density at radius 1 is 1.00 bits per heavy atom. The summed E-state index contributed by atoms with van der Waals surface area (Å²) in [5, 5.41) is 2.56. The van der Waals surface area contributed by atoms with Gasteiger partial charge < -0.3 is 14.2 Å². The first-order chi connectivity index (χ1) is 17.1. The predicted molar refractivity (Wildman–Crippen MR) is 137 cm³/mol. The minimum Gasteiger partial charge on any atom is -0.492 e. The molecule has 2 aliphatic rings. The summed E-state index contributed by atoms with van der Waals surface area (Å²) in [5.41, 5.74) is 7.61. The molecule has 1 heterocycles. The van der Waals surface area contributed by atoms with Gasteiger partial charge in [-0.15, -0.1) is 0 Å². The standard InChI is InChI=1S/C31H28O4/c1-19-10-11-20-6-3-4-7-24(20)31(19)27-9-5-8-26-25(27)14-15-28(26)35-22-12-13-23-21(16-30(32)33-2)18-34-29(23)17-22/h3-13,17,21,28H,14-16,18H2,1-2H3/t21-,28-/m1/s1. The average Bonchev–Trinajstić information content (AvgIpc) is 3.48. The summed E-state index contributed by atoms with van der Waals surface area (Å²) in [6.45, 7) is 2.69. The van der Waals surface area contributed by atoms with Crippen molar-refractivity contribution >= 4 is 16.7 Å². The third-order valence-corrected chi connectivity index (χ3v) is 7.41. The van der Waals surface area contributed by atoms with Crippen molar-refractivity contribution in [1.82, 2.24) is 0 Å². The van der Waals surface area contributed by atoms with Crippen LogP contribution in [-0.2, 0) is 16.0 Å². The Morgan fingerprint density at radius 3 is 2.77 bits per heavy atom. The van der Waals surface area contributed by atoms with Gasteiger partial charge in [0.2, 0.25) is 0 Å². The largest absolute Gasteiger partial charge is 0.492 e. The van der Waals surface area contributed by atoms with Crippen LogP contribution in [0.25, 0.3) is 21.9 Å². The van der Waals surface area contributed by atoms with Gasteiger partial charge in [-0.1, -0.05) is 60.7 Å². The van der Waals surface area contributed by atoms with E-state index in [1.165, 1.54) is 45.7 Å². The topological polar surface area (TPSA) is 44.8 Å². The molecule has 0 saturated carbocycles. The number of hydrogen-bond donors (Lipinski definition) is 0. The quantitative estimate of drug-likeness (QED) is 0.301. The fourth-order valence-electron chi connectivity index (χ4n) is 5.66. The second-order valence-corrected chi connectivity index (χ2v) is 9.48. The van der Waals surface area contributed by atoms with Crippen molar-refractivity contribution in [1.29, 1.82) is 0 Å². The maximum Gasteiger partial charge on any atom is 0.306 e. The van der Waals surface area contributed by atoms with E-state index in [0.29, 0.717) is 13.0 Å². The molecule has 1 aliphatic carbocycles. The minimum absolute atomic E-state index is 0.00514. The van der Waals surface area contributed by atoms with E-state index in [9.17, 15) is 4.79 Å². The molecule has 1 aliphatic heterocycles. The number of benzene rings is 4. The molecule has 0 saturated heterocycles.